The predicted molar refractivity (Wildman–Crippen MR) is 120 cm³/mol. The minimum atomic E-state index is -4.45. The van der Waals surface area contributed by atoms with Crippen LogP contribution in [-0.4, -0.2) is 57.4 Å². The van der Waals surface area contributed by atoms with E-state index in [9.17, 15) is 22.8 Å². The summed E-state index contributed by atoms with van der Waals surface area (Å²) in [7, 11) is 0. The molecule has 4 rings (SSSR count). The zero-order valence-corrected chi connectivity index (χ0v) is 19.9. The Morgan fingerprint density at radius 2 is 1.91 bits per heavy atom. The fourth-order valence-corrected chi connectivity index (χ4v) is 6.16. The van der Waals surface area contributed by atoms with Crippen LogP contribution in [0, 0.1) is 17.3 Å². The summed E-state index contributed by atoms with van der Waals surface area (Å²) in [4.78, 5) is 33.1. The summed E-state index contributed by atoms with van der Waals surface area (Å²) in [6.07, 6.45) is 1.27. The average Bonchev–Trinajstić information content (AvgIpc) is 3.24. The first-order valence-electron chi connectivity index (χ1n) is 12.3. The number of carboxylic acid groups (broad SMARTS) is 1. The van der Waals surface area contributed by atoms with Gasteiger partial charge in [-0.2, -0.15) is 13.2 Å². The molecule has 1 saturated carbocycles. The third-order valence-electron chi connectivity index (χ3n) is 8.34. The van der Waals surface area contributed by atoms with Crippen molar-refractivity contribution in [2.75, 3.05) is 19.6 Å². The van der Waals surface area contributed by atoms with Gasteiger partial charge >= 0.3 is 12.1 Å². The number of nitrogens with zero attached hydrogens (tertiary/aromatic N) is 3. The summed E-state index contributed by atoms with van der Waals surface area (Å²) in [5, 5.41) is 9.06. The highest BCUT2D eigenvalue weighted by atomic mass is 19.4. The van der Waals surface area contributed by atoms with E-state index in [0.717, 1.165) is 57.5 Å². The second-order valence-corrected chi connectivity index (χ2v) is 10.6. The standard InChI is InChI=1S/C25H34F3N3O3/c1-16(2)24(7-3-20(13-24)30-8-4-17(5-9-30)11-22(32)33)23(34)31-10-6-21-18(15-31)12-19(14-29-21)25(26,27)28/h12,14,16-17,20H,3-11,13,15H2,1-2H3,(H,32,33)/t20?,24-/m0/s1. The lowest BCUT2D eigenvalue weighted by molar-refractivity contribution is -0.146. The number of carboxylic acids is 1. The van der Waals surface area contributed by atoms with Crippen molar-refractivity contribution in [1.29, 1.82) is 0 Å². The molecule has 1 amide bonds. The van der Waals surface area contributed by atoms with Crippen molar-refractivity contribution in [3.63, 3.8) is 0 Å². The minimum Gasteiger partial charge on any atom is -0.481 e. The van der Waals surface area contributed by atoms with E-state index >= 15 is 0 Å². The Morgan fingerprint density at radius 3 is 2.53 bits per heavy atom. The Hall–Kier alpha value is -2.16. The normalized spacial score (nSPS) is 26.6. The van der Waals surface area contributed by atoms with Crippen molar-refractivity contribution in [2.45, 2.75) is 77.6 Å². The van der Waals surface area contributed by atoms with Crippen LogP contribution in [0.4, 0.5) is 13.2 Å². The Balaban J connectivity index is 1.45. The van der Waals surface area contributed by atoms with Crippen molar-refractivity contribution < 1.29 is 27.9 Å². The number of rotatable bonds is 5. The smallest absolute Gasteiger partial charge is 0.417 e. The highest BCUT2D eigenvalue weighted by Crippen LogP contribution is 2.48. The Bertz CT molecular complexity index is 928. The average molecular weight is 482 g/mol. The molecular formula is C25H34F3N3O3. The maximum atomic E-state index is 13.9. The van der Waals surface area contributed by atoms with Gasteiger partial charge in [-0.25, -0.2) is 0 Å². The number of carbonyl (C=O) groups excluding carboxylic acids is 1. The minimum absolute atomic E-state index is 0.0498. The molecule has 188 valence electrons. The van der Waals surface area contributed by atoms with Gasteiger partial charge in [0.05, 0.1) is 11.0 Å². The molecule has 6 nitrogen and oxygen atoms in total. The Labute approximate surface area is 198 Å². The van der Waals surface area contributed by atoms with Gasteiger partial charge in [0.25, 0.3) is 0 Å². The monoisotopic (exact) mass is 481 g/mol. The number of likely N-dealkylation sites (tertiary alicyclic amines) is 1. The predicted octanol–water partition coefficient (Wildman–Crippen LogP) is 4.37. The third-order valence-corrected chi connectivity index (χ3v) is 8.34. The quantitative estimate of drug-likeness (QED) is 0.676. The van der Waals surface area contributed by atoms with Crippen LogP contribution in [0.1, 0.15) is 69.2 Å². The fourth-order valence-electron chi connectivity index (χ4n) is 6.16. The highest BCUT2D eigenvalue weighted by Gasteiger charge is 2.51. The van der Waals surface area contributed by atoms with Crippen molar-refractivity contribution in [2.24, 2.45) is 17.3 Å². The summed E-state index contributed by atoms with van der Waals surface area (Å²) < 4.78 is 39.5. The van der Waals surface area contributed by atoms with Gasteiger partial charge in [-0.1, -0.05) is 13.8 Å². The Morgan fingerprint density at radius 1 is 1.21 bits per heavy atom. The number of piperidine rings is 1. The number of hydrogen-bond donors (Lipinski definition) is 1. The van der Waals surface area contributed by atoms with Crippen LogP contribution in [0.2, 0.25) is 0 Å². The van der Waals surface area contributed by atoms with Crippen LogP contribution < -0.4 is 0 Å². The summed E-state index contributed by atoms with van der Waals surface area (Å²) in [5.41, 5.74) is -0.159. The first kappa shape index (κ1) is 24.9. The largest absolute Gasteiger partial charge is 0.481 e. The first-order chi connectivity index (χ1) is 16.0. The SMILES string of the molecule is CC(C)[C@]1(C(=O)N2CCc3ncc(C(F)(F)F)cc3C2)CCC(N2CCC(CC(=O)O)CC2)C1. The molecule has 0 aromatic carbocycles. The molecule has 34 heavy (non-hydrogen) atoms. The summed E-state index contributed by atoms with van der Waals surface area (Å²) >= 11 is 0. The number of alkyl halides is 3. The number of halogens is 3. The van der Waals surface area contributed by atoms with E-state index in [1.165, 1.54) is 0 Å². The van der Waals surface area contributed by atoms with E-state index in [4.69, 9.17) is 5.11 Å². The lowest BCUT2D eigenvalue weighted by atomic mass is 9.73. The molecule has 3 heterocycles. The third kappa shape index (κ3) is 4.95. The zero-order chi connectivity index (χ0) is 24.7. The van der Waals surface area contributed by atoms with Crippen molar-refractivity contribution in [1.82, 2.24) is 14.8 Å². The number of amides is 1. The van der Waals surface area contributed by atoms with Gasteiger partial charge in [-0.3, -0.25) is 14.6 Å². The van der Waals surface area contributed by atoms with Gasteiger partial charge in [-0.15, -0.1) is 0 Å². The van der Waals surface area contributed by atoms with Crippen LogP contribution in [0.15, 0.2) is 12.3 Å². The molecule has 2 aliphatic heterocycles. The molecule has 0 spiro atoms. The number of aliphatic carboxylic acids is 1. The fraction of sp³-hybridized carbons (Fsp3) is 0.720. The molecule has 1 unspecified atom stereocenters. The van der Waals surface area contributed by atoms with Crippen molar-refractivity contribution in [3.8, 4) is 0 Å². The molecule has 1 aromatic rings. The Kier molecular flexibility index (Phi) is 6.95. The number of aromatic nitrogens is 1. The molecule has 0 radical (unpaired) electrons. The van der Waals surface area contributed by atoms with E-state index in [-0.39, 0.29) is 36.8 Å². The molecule has 2 atom stereocenters. The van der Waals surface area contributed by atoms with Crippen LogP contribution in [-0.2, 0) is 28.7 Å². The van der Waals surface area contributed by atoms with Crippen molar-refractivity contribution >= 4 is 11.9 Å². The van der Waals surface area contributed by atoms with Crippen LogP contribution >= 0.6 is 0 Å². The second-order valence-electron chi connectivity index (χ2n) is 10.6. The maximum Gasteiger partial charge on any atom is 0.417 e. The number of carbonyl (C=O) groups is 2. The molecule has 1 saturated heterocycles. The maximum absolute atomic E-state index is 13.9. The van der Waals surface area contributed by atoms with Gasteiger partial charge < -0.3 is 14.9 Å². The first-order valence-corrected chi connectivity index (χ1v) is 12.3. The molecule has 0 bridgehead atoms. The zero-order valence-electron chi connectivity index (χ0n) is 19.9. The number of hydrogen-bond acceptors (Lipinski definition) is 4. The van der Waals surface area contributed by atoms with E-state index < -0.39 is 23.1 Å². The summed E-state index contributed by atoms with van der Waals surface area (Å²) in [6, 6.07) is 1.43. The van der Waals surface area contributed by atoms with E-state index in [1.54, 1.807) is 4.90 Å². The van der Waals surface area contributed by atoms with Crippen LogP contribution in [0.5, 0.6) is 0 Å². The molecule has 1 aromatic heterocycles. The number of fused-ring (bicyclic) bond motifs is 1. The topological polar surface area (TPSA) is 73.7 Å². The van der Waals surface area contributed by atoms with Gasteiger partial charge in [0, 0.05) is 43.9 Å². The number of pyridine rings is 1. The van der Waals surface area contributed by atoms with Gasteiger partial charge in [0.1, 0.15) is 0 Å². The molecule has 3 aliphatic rings. The summed E-state index contributed by atoms with van der Waals surface area (Å²) in [6.45, 7) is 6.50. The summed E-state index contributed by atoms with van der Waals surface area (Å²) in [5.74, 6) is -0.357. The molecule has 2 fully saturated rings. The second kappa shape index (κ2) is 9.47. The van der Waals surface area contributed by atoms with E-state index in [0.29, 0.717) is 24.2 Å². The van der Waals surface area contributed by atoms with Gasteiger partial charge in [-0.05, 0) is 68.7 Å². The molecule has 9 heteroatoms. The highest BCUT2D eigenvalue weighted by molar-refractivity contribution is 5.83. The van der Waals surface area contributed by atoms with E-state index in [2.05, 4.69) is 23.7 Å². The van der Waals surface area contributed by atoms with Crippen molar-refractivity contribution in [3.05, 3.63) is 29.1 Å². The van der Waals surface area contributed by atoms with Gasteiger partial charge in [0.15, 0.2) is 0 Å². The molecule has 1 N–H and O–H groups in total. The molecule has 1 aliphatic carbocycles. The van der Waals surface area contributed by atoms with Crippen LogP contribution in [0.3, 0.4) is 0 Å². The van der Waals surface area contributed by atoms with E-state index in [1.807, 2.05) is 0 Å². The van der Waals surface area contributed by atoms with Gasteiger partial charge in [0.2, 0.25) is 5.91 Å². The molecular weight excluding hydrogens is 447 g/mol. The lowest BCUT2D eigenvalue weighted by Crippen LogP contribution is -2.49. The van der Waals surface area contributed by atoms with Crippen LogP contribution in [0.25, 0.3) is 0 Å². The lowest BCUT2D eigenvalue weighted by Gasteiger charge is -2.41.